The van der Waals surface area contributed by atoms with Gasteiger partial charge in [0.1, 0.15) is 11.3 Å². The number of alkyl carbamates (subject to hydrolysis) is 1. The molecule has 1 aliphatic carbocycles. The Morgan fingerprint density at radius 1 is 1.25 bits per heavy atom. The third-order valence-corrected chi connectivity index (χ3v) is 5.71. The van der Waals surface area contributed by atoms with Crippen LogP contribution in [0.2, 0.25) is 5.02 Å². The van der Waals surface area contributed by atoms with Gasteiger partial charge in [0.15, 0.2) is 0 Å². The molecule has 9 heteroatoms. The monoisotopic (exact) mass is 423 g/mol. The molecule has 2 aromatic rings. The van der Waals surface area contributed by atoms with Gasteiger partial charge in [0.05, 0.1) is 26.8 Å². The number of rotatable bonds is 4. The molecular formula is C19H26ClN5O2S. The van der Waals surface area contributed by atoms with Crippen molar-refractivity contribution in [2.45, 2.75) is 71.6 Å². The fourth-order valence-electron chi connectivity index (χ4n) is 3.25. The van der Waals surface area contributed by atoms with Crippen LogP contribution in [-0.4, -0.2) is 38.7 Å². The molecule has 0 aliphatic heterocycles. The van der Waals surface area contributed by atoms with E-state index in [1.165, 1.54) is 0 Å². The molecule has 0 aromatic carbocycles. The second-order valence-electron chi connectivity index (χ2n) is 8.04. The molecule has 1 fully saturated rings. The summed E-state index contributed by atoms with van der Waals surface area (Å²) >= 11 is 7.90. The Balaban J connectivity index is 1.63. The zero-order valence-electron chi connectivity index (χ0n) is 16.8. The number of carbonyl (C=O) groups is 1. The number of carbonyl (C=O) groups excluding carboxylic acids is 1. The molecule has 2 N–H and O–H groups in total. The first-order valence-electron chi connectivity index (χ1n) is 9.33. The predicted molar refractivity (Wildman–Crippen MR) is 112 cm³/mol. The molecule has 0 bridgehead atoms. The Hall–Kier alpha value is -1.93. The average Bonchev–Trinajstić information content (AvgIpc) is 3.13. The van der Waals surface area contributed by atoms with Gasteiger partial charge in [-0.2, -0.15) is 0 Å². The van der Waals surface area contributed by atoms with E-state index in [1.807, 2.05) is 34.6 Å². The zero-order chi connectivity index (χ0) is 20.5. The summed E-state index contributed by atoms with van der Waals surface area (Å²) in [4.78, 5) is 26.3. The first kappa shape index (κ1) is 20.8. The van der Waals surface area contributed by atoms with E-state index in [9.17, 15) is 4.79 Å². The fourth-order valence-corrected chi connectivity index (χ4v) is 4.41. The summed E-state index contributed by atoms with van der Waals surface area (Å²) < 4.78 is 5.33. The van der Waals surface area contributed by atoms with Crippen molar-refractivity contribution in [3.05, 3.63) is 21.9 Å². The summed E-state index contributed by atoms with van der Waals surface area (Å²) in [7, 11) is 0. The highest BCUT2D eigenvalue weighted by molar-refractivity contribution is 7.15. The van der Waals surface area contributed by atoms with Crippen molar-refractivity contribution >= 4 is 35.0 Å². The van der Waals surface area contributed by atoms with E-state index in [2.05, 4.69) is 25.6 Å². The van der Waals surface area contributed by atoms with E-state index in [0.29, 0.717) is 16.7 Å². The summed E-state index contributed by atoms with van der Waals surface area (Å²) in [5.41, 5.74) is 1.11. The molecule has 2 atom stereocenters. The highest BCUT2D eigenvalue weighted by Gasteiger charge is 2.28. The van der Waals surface area contributed by atoms with Gasteiger partial charge in [-0.25, -0.2) is 19.7 Å². The van der Waals surface area contributed by atoms with Crippen LogP contribution in [0, 0.1) is 13.8 Å². The number of halogens is 1. The van der Waals surface area contributed by atoms with Gasteiger partial charge in [0, 0.05) is 12.1 Å². The van der Waals surface area contributed by atoms with E-state index in [4.69, 9.17) is 16.3 Å². The number of aryl methyl sites for hydroxylation is 2. The number of hydrogen-bond donors (Lipinski definition) is 2. The van der Waals surface area contributed by atoms with Gasteiger partial charge in [-0.1, -0.05) is 11.6 Å². The van der Waals surface area contributed by atoms with E-state index in [-0.39, 0.29) is 18.2 Å². The predicted octanol–water partition coefficient (Wildman–Crippen LogP) is 4.73. The van der Waals surface area contributed by atoms with E-state index < -0.39 is 5.60 Å². The van der Waals surface area contributed by atoms with Crippen LogP contribution in [0.25, 0.3) is 10.6 Å². The molecule has 2 heterocycles. The van der Waals surface area contributed by atoms with Crippen molar-refractivity contribution in [2.75, 3.05) is 5.32 Å². The van der Waals surface area contributed by atoms with Crippen molar-refractivity contribution in [3.63, 3.8) is 0 Å². The van der Waals surface area contributed by atoms with Crippen molar-refractivity contribution in [3.8, 4) is 10.6 Å². The summed E-state index contributed by atoms with van der Waals surface area (Å²) in [5, 5.41) is 7.79. The first-order chi connectivity index (χ1) is 13.1. The fraction of sp³-hybridized carbons (Fsp3) is 0.579. The maximum atomic E-state index is 12.0. The van der Waals surface area contributed by atoms with Gasteiger partial charge in [-0.15, -0.1) is 11.3 Å². The molecule has 152 valence electrons. The molecule has 0 spiro atoms. The maximum Gasteiger partial charge on any atom is 0.407 e. The van der Waals surface area contributed by atoms with E-state index in [1.54, 1.807) is 17.5 Å². The van der Waals surface area contributed by atoms with Gasteiger partial charge >= 0.3 is 6.09 Å². The van der Waals surface area contributed by atoms with Crippen LogP contribution >= 0.6 is 22.9 Å². The second kappa shape index (κ2) is 8.21. The molecule has 0 unspecified atom stereocenters. The first-order valence-corrected chi connectivity index (χ1v) is 10.5. The molecule has 0 saturated heterocycles. The van der Waals surface area contributed by atoms with Crippen LogP contribution < -0.4 is 10.6 Å². The van der Waals surface area contributed by atoms with Crippen LogP contribution in [0.3, 0.4) is 0 Å². The third kappa shape index (κ3) is 5.32. The normalized spacial score (nSPS) is 19.5. The Labute approximate surface area is 174 Å². The number of thiazole rings is 1. The largest absolute Gasteiger partial charge is 0.444 e. The van der Waals surface area contributed by atoms with Crippen LogP contribution in [0.4, 0.5) is 10.7 Å². The zero-order valence-corrected chi connectivity index (χ0v) is 18.4. The van der Waals surface area contributed by atoms with Crippen LogP contribution in [0.5, 0.6) is 0 Å². The quantitative estimate of drug-likeness (QED) is 0.739. The third-order valence-electron chi connectivity index (χ3n) is 4.35. The van der Waals surface area contributed by atoms with Crippen molar-refractivity contribution in [1.29, 1.82) is 0 Å². The van der Waals surface area contributed by atoms with Gasteiger partial charge < -0.3 is 15.4 Å². The Bertz CT molecular complexity index is 864. The SMILES string of the molecule is Cc1nc(C)c(-c2nc(N[C@H]3CC[C@@H](NC(=O)OC(C)(C)C)C3)ncc2Cl)s1. The Kier molecular flexibility index (Phi) is 6.09. The number of nitrogens with zero attached hydrogens (tertiary/aromatic N) is 3. The van der Waals surface area contributed by atoms with Crippen LogP contribution in [0.1, 0.15) is 50.7 Å². The smallest absolute Gasteiger partial charge is 0.407 e. The lowest BCUT2D eigenvalue weighted by Gasteiger charge is -2.21. The lowest BCUT2D eigenvalue weighted by atomic mass is 10.2. The molecule has 28 heavy (non-hydrogen) atoms. The van der Waals surface area contributed by atoms with Gasteiger partial charge in [-0.3, -0.25) is 0 Å². The van der Waals surface area contributed by atoms with E-state index >= 15 is 0 Å². The number of amides is 1. The minimum atomic E-state index is -0.499. The molecule has 1 amide bonds. The Morgan fingerprint density at radius 3 is 2.61 bits per heavy atom. The summed E-state index contributed by atoms with van der Waals surface area (Å²) in [6.45, 7) is 9.48. The number of nitrogens with one attached hydrogen (secondary N) is 2. The summed E-state index contributed by atoms with van der Waals surface area (Å²) in [5.74, 6) is 0.535. The van der Waals surface area contributed by atoms with Gasteiger partial charge in [0.25, 0.3) is 0 Å². The number of hydrogen-bond acceptors (Lipinski definition) is 7. The standard InChI is InChI=1S/C19H26ClN5O2S/c1-10-16(28-11(2)22-10)15-14(20)9-21-17(25-15)23-12-6-7-13(8-12)24-18(26)27-19(3,4)5/h9,12-13H,6-8H2,1-5H3,(H,24,26)(H,21,23,25)/t12-,13+/m0/s1. The lowest BCUT2D eigenvalue weighted by molar-refractivity contribution is 0.0505. The molecule has 2 aromatic heterocycles. The molecule has 0 radical (unpaired) electrons. The van der Waals surface area contributed by atoms with Crippen LogP contribution in [0.15, 0.2) is 6.20 Å². The average molecular weight is 424 g/mol. The van der Waals surface area contributed by atoms with E-state index in [0.717, 1.165) is 34.8 Å². The van der Waals surface area contributed by atoms with Crippen molar-refractivity contribution < 1.29 is 9.53 Å². The van der Waals surface area contributed by atoms with Gasteiger partial charge in [-0.05, 0) is 53.9 Å². The second-order valence-corrected chi connectivity index (χ2v) is 9.65. The molecular weight excluding hydrogens is 398 g/mol. The molecule has 1 aliphatic rings. The summed E-state index contributed by atoms with van der Waals surface area (Å²) in [6.07, 6.45) is 3.83. The minimum Gasteiger partial charge on any atom is -0.444 e. The Morgan fingerprint density at radius 2 is 1.96 bits per heavy atom. The number of ether oxygens (including phenoxy) is 1. The van der Waals surface area contributed by atoms with Gasteiger partial charge in [0.2, 0.25) is 5.95 Å². The highest BCUT2D eigenvalue weighted by atomic mass is 35.5. The maximum absolute atomic E-state index is 12.0. The molecule has 1 saturated carbocycles. The van der Waals surface area contributed by atoms with Crippen LogP contribution in [-0.2, 0) is 4.74 Å². The molecule has 3 rings (SSSR count). The minimum absolute atomic E-state index is 0.0745. The number of anilines is 1. The number of aromatic nitrogens is 3. The van der Waals surface area contributed by atoms with Crippen molar-refractivity contribution in [1.82, 2.24) is 20.3 Å². The summed E-state index contributed by atoms with van der Waals surface area (Å²) in [6, 6.07) is 0.253. The molecule has 7 nitrogen and oxygen atoms in total. The highest BCUT2D eigenvalue weighted by Crippen LogP contribution is 2.34. The van der Waals surface area contributed by atoms with Crippen molar-refractivity contribution in [2.24, 2.45) is 0 Å². The topological polar surface area (TPSA) is 89.0 Å². The lowest BCUT2D eigenvalue weighted by Crippen LogP contribution is -2.38.